The molecule has 12 heteroatoms. The molecule has 0 bridgehead atoms. The molecule has 0 radical (unpaired) electrons. The molecule has 2 N–H and O–H groups in total. The molecule has 34 heavy (non-hydrogen) atoms. The van der Waals surface area contributed by atoms with Gasteiger partial charge in [-0.05, 0) is 41.0 Å². The van der Waals surface area contributed by atoms with Gasteiger partial charge < -0.3 is 38.2 Å². The number of hydrogen-bond donors (Lipinski definition) is 2. The number of hydrogen-bond acceptors (Lipinski definition) is 9. The van der Waals surface area contributed by atoms with Crippen molar-refractivity contribution in [2.24, 2.45) is 11.8 Å². The summed E-state index contributed by atoms with van der Waals surface area (Å²) in [5.74, 6) is -0.443. The van der Waals surface area contributed by atoms with E-state index < -0.39 is 37.6 Å². The van der Waals surface area contributed by atoms with Gasteiger partial charge in [0.05, 0.1) is 33.9 Å². The molecule has 0 spiro atoms. The van der Waals surface area contributed by atoms with Crippen LogP contribution >= 0.6 is 7.82 Å². The van der Waals surface area contributed by atoms with E-state index in [1.807, 2.05) is 0 Å². The van der Waals surface area contributed by atoms with Crippen LogP contribution in [0.3, 0.4) is 0 Å². The van der Waals surface area contributed by atoms with Gasteiger partial charge in [-0.15, -0.1) is 0 Å². The van der Waals surface area contributed by atoms with Crippen molar-refractivity contribution in [3.8, 4) is 28.7 Å². The van der Waals surface area contributed by atoms with Gasteiger partial charge >= 0.3 is 13.8 Å². The third-order valence-electron chi connectivity index (χ3n) is 6.42. The Balaban J connectivity index is 1.75. The van der Waals surface area contributed by atoms with Gasteiger partial charge in [0.25, 0.3) is 0 Å². The standard InChI is InChI=1S/C22H23O11P/c1-27-16-4-10(5-17(28-2)21(16)29-3)18-11-6-14-15(32-9-31-14)7-12(11)20(33-34(24,25)26)13-8-30-22(23)19(13)18/h4-7,13,18-20H,8-9H2,1-3H3,(H2,24,25,26)/t13-,18+,19-,20-/m1/s1. The van der Waals surface area contributed by atoms with Crippen molar-refractivity contribution in [2.75, 3.05) is 34.7 Å². The van der Waals surface area contributed by atoms with E-state index in [4.69, 9.17) is 32.9 Å². The van der Waals surface area contributed by atoms with Crippen molar-refractivity contribution in [3.05, 3.63) is 41.0 Å². The highest BCUT2D eigenvalue weighted by atomic mass is 31.2. The zero-order valence-corrected chi connectivity index (χ0v) is 19.4. The van der Waals surface area contributed by atoms with E-state index in [0.29, 0.717) is 45.4 Å². The SMILES string of the molecule is COc1cc([C@H]2c3cc4c(cc3[C@@H](OP(=O)(O)O)[C@@H]3COC(=O)[C@@H]23)OCO4)cc(OC)c1OC. The van der Waals surface area contributed by atoms with Crippen LogP contribution in [0.5, 0.6) is 28.7 Å². The van der Waals surface area contributed by atoms with E-state index in [-0.39, 0.29) is 13.4 Å². The Hall–Kier alpha value is -2.98. The van der Waals surface area contributed by atoms with Crippen molar-refractivity contribution in [1.29, 1.82) is 0 Å². The summed E-state index contributed by atoms with van der Waals surface area (Å²) in [6.45, 7) is -0.0467. The van der Waals surface area contributed by atoms with E-state index in [9.17, 15) is 19.1 Å². The van der Waals surface area contributed by atoms with Crippen molar-refractivity contribution in [3.63, 3.8) is 0 Å². The third kappa shape index (κ3) is 3.65. The Morgan fingerprint density at radius 2 is 1.53 bits per heavy atom. The lowest BCUT2D eigenvalue weighted by molar-refractivity contribution is -0.141. The maximum atomic E-state index is 13.0. The summed E-state index contributed by atoms with van der Waals surface area (Å²) >= 11 is 0. The molecule has 2 aliphatic heterocycles. The number of phosphoric acid groups is 1. The molecule has 0 amide bonds. The Bertz CT molecular complexity index is 1160. The van der Waals surface area contributed by atoms with Crippen LogP contribution in [-0.2, 0) is 18.6 Å². The number of cyclic esters (lactones) is 1. The summed E-state index contributed by atoms with van der Waals surface area (Å²) in [6.07, 6.45) is -1.10. The van der Waals surface area contributed by atoms with Crippen LogP contribution in [0, 0.1) is 11.8 Å². The van der Waals surface area contributed by atoms with Gasteiger partial charge in [0.1, 0.15) is 6.10 Å². The van der Waals surface area contributed by atoms with Gasteiger partial charge in [-0.1, -0.05) is 0 Å². The molecule has 182 valence electrons. The highest BCUT2D eigenvalue weighted by Gasteiger charge is 2.54. The monoisotopic (exact) mass is 494 g/mol. The molecule has 2 heterocycles. The number of phosphoric ester groups is 1. The predicted octanol–water partition coefficient (Wildman–Crippen LogP) is 2.53. The normalized spacial score (nSPS) is 24.8. The second-order valence-corrected chi connectivity index (χ2v) is 9.30. The quantitative estimate of drug-likeness (QED) is 0.452. The molecule has 1 aliphatic carbocycles. The second-order valence-electron chi connectivity index (χ2n) is 8.11. The molecule has 1 saturated heterocycles. The van der Waals surface area contributed by atoms with Gasteiger partial charge in [0.2, 0.25) is 12.5 Å². The number of carbonyl (C=O) groups excluding carboxylic acids is 1. The molecule has 1 fully saturated rings. The zero-order valence-electron chi connectivity index (χ0n) is 18.5. The van der Waals surface area contributed by atoms with Crippen LogP contribution in [-0.4, -0.2) is 50.5 Å². The van der Waals surface area contributed by atoms with Crippen molar-refractivity contribution >= 4 is 13.8 Å². The van der Waals surface area contributed by atoms with Crippen LogP contribution in [0.4, 0.5) is 0 Å². The van der Waals surface area contributed by atoms with E-state index in [0.717, 1.165) is 0 Å². The Labute approximate surface area is 194 Å². The minimum atomic E-state index is -4.90. The average Bonchev–Trinajstić information content (AvgIpc) is 3.42. The first-order chi connectivity index (χ1) is 16.3. The van der Waals surface area contributed by atoms with Crippen molar-refractivity contribution in [2.45, 2.75) is 12.0 Å². The molecule has 4 atom stereocenters. The number of benzene rings is 2. The molecule has 2 aromatic carbocycles. The first-order valence-electron chi connectivity index (χ1n) is 10.4. The summed E-state index contributed by atoms with van der Waals surface area (Å²) in [4.78, 5) is 32.2. The average molecular weight is 494 g/mol. The van der Waals surface area contributed by atoms with Crippen molar-refractivity contribution < 1.29 is 52.1 Å². The minimum Gasteiger partial charge on any atom is -0.493 e. The predicted molar refractivity (Wildman–Crippen MR) is 114 cm³/mol. The number of methoxy groups -OCH3 is 3. The van der Waals surface area contributed by atoms with Crippen LogP contribution < -0.4 is 23.7 Å². The first-order valence-corrected chi connectivity index (χ1v) is 11.9. The largest absolute Gasteiger partial charge is 0.493 e. The van der Waals surface area contributed by atoms with Crippen LogP contribution in [0.2, 0.25) is 0 Å². The lowest BCUT2D eigenvalue weighted by Gasteiger charge is -2.38. The Morgan fingerprint density at radius 1 is 0.912 bits per heavy atom. The molecular weight excluding hydrogens is 471 g/mol. The number of fused-ring (bicyclic) bond motifs is 3. The fraction of sp³-hybridized carbons (Fsp3) is 0.409. The van der Waals surface area contributed by atoms with E-state index in [2.05, 4.69) is 0 Å². The number of esters is 1. The van der Waals surface area contributed by atoms with E-state index in [1.54, 1.807) is 24.3 Å². The van der Waals surface area contributed by atoms with E-state index in [1.165, 1.54) is 21.3 Å². The van der Waals surface area contributed by atoms with Gasteiger partial charge in [0, 0.05) is 11.8 Å². The van der Waals surface area contributed by atoms with Gasteiger partial charge in [0.15, 0.2) is 23.0 Å². The maximum Gasteiger partial charge on any atom is 0.470 e. The molecule has 11 nitrogen and oxygen atoms in total. The number of ether oxygens (including phenoxy) is 6. The topological polar surface area (TPSA) is 139 Å². The molecule has 3 aliphatic rings. The zero-order chi connectivity index (χ0) is 24.2. The number of rotatable bonds is 6. The maximum absolute atomic E-state index is 13.0. The smallest absolute Gasteiger partial charge is 0.470 e. The lowest BCUT2D eigenvalue weighted by Crippen LogP contribution is -2.35. The Kier molecular flexibility index (Phi) is 5.60. The summed E-state index contributed by atoms with van der Waals surface area (Å²) in [5.41, 5.74) is 1.74. The summed E-state index contributed by atoms with van der Waals surface area (Å²) in [5, 5.41) is 0. The van der Waals surface area contributed by atoms with Gasteiger partial charge in [-0.25, -0.2) is 4.57 Å². The van der Waals surface area contributed by atoms with E-state index >= 15 is 0 Å². The first kappa shape index (κ1) is 22.8. The molecule has 0 unspecified atom stereocenters. The highest BCUT2D eigenvalue weighted by Crippen LogP contribution is 2.59. The second kappa shape index (κ2) is 8.35. The van der Waals surface area contributed by atoms with Crippen LogP contribution in [0.1, 0.15) is 28.7 Å². The van der Waals surface area contributed by atoms with Gasteiger partial charge in [-0.2, -0.15) is 0 Å². The molecule has 2 aromatic rings. The number of carbonyl (C=O) groups is 1. The highest BCUT2D eigenvalue weighted by molar-refractivity contribution is 7.46. The van der Waals surface area contributed by atoms with Crippen LogP contribution in [0.25, 0.3) is 0 Å². The van der Waals surface area contributed by atoms with Crippen LogP contribution in [0.15, 0.2) is 24.3 Å². The Morgan fingerprint density at radius 3 is 2.09 bits per heavy atom. The summed E-state index contributed by atoms with van der Waals surface area (Å²) < 4.78 is 49.9. The summed E-state index contributed by atoms with van der Waals surface area (Å²) in [6, 6.07) is 6.84. The minimum absolute atomic E-state index is 0.00594. The molecular formula is C22H23O11P. The molecule has 0 aromatic heterocycles. The van der Waals surface area contributed by atoms with Crippen molar-refractivity contribution in [1.82, 2.24) is 0 Å². The molecule has 0 saturated carbocycles. The lowest BCUT2D eigenvalue weighted by atomic mass is 9.66. The fourth-order valence-electron chi connectivity index (χ4n) is 5.08. The summed E-state index contributed by atoms with van der Waals surface area (Å²) in [7, 11) is -0.430. The fourth-order valence-corrected chi connectivity index (χ4v) is 5.64. The molecule has 5 rings (SSSR count). The van der Waals surface area contributed by atoms with Gasteiger partial charge in [-0.3, -0.25) is 9.32 Å². The third-order valence-corrected chi connectivity index (χ3v) is 6.92.